The second-order valence-electron chi connectivity index (χ2n) is 8.27. The van der Waals surface area contributed by atoms with Crippen molar-refractivity contribution >= 4 is 6.09 Å². The number of hydrogen-bond donors (Lipinski definition) is 3. The lowest BCUT2D eigenvalue weighted by Crippen LogP contribution is -2.54. The van der Waals surface area contributed by atoms with Crippen LogP contribution in [0.15, 0.2) is 0 Å². The van der Waals surface area contributed by atoms with E-state index in [-0.39, 0.29) is 11.5 Å². The zero-order valence-electron chi connectivity index (χ0n) is 14.4. The smallest absolute Gasteiger partial charge is 0.407 e. The Morgan fingerprint density at radius 3 is 2.38 bits per heavy atom. The molecule has 0 aromatic heterocycles. The van der Waals surface area contributed by atoms with Crippen LogP contribution in [0, 0.1) is 5.41 Å². The molecule has 5 heteroatoms. The minimum Gasteiger partial charge on any atom is -0.444 e. The highest BCUT2D eigenvalue weighted by Crippen LogP contribution is 2.30. The summed E-state index contributed by atoms with van der Waals surface area (Å²) in [5, 5.41) is 16.9. The molecule has 5 nitrogen and oxygen atoms in total. The molecule has 1 heterocycles. The van der Waals surface area contributed by atoms with Gasteiger partial charge in [0.05, 0.1) is 5.60 Å². The minimum atomic E-state index is -0.759. The normalized spacial score (nSPS) is 25.3. The quantitative estimate of drug-likeness (QED) is 0.748. The van der Waals surface area contributed by atoms with Crippen molar-refractivity contribution in [3.05, 3.63) is 0 Å². The molecule has 124 valence electrons. The second-order valence-corrected chi connectivity index (χ2v) is 8.27. The molecule has 0 aliphatic carbocycles. The third-order valence-electron chi connectivity index (χ3n) is 3.77. The molecule has 0 aromatic rings. The molecular formula is C16H32N2O3. The van der Waals surface area contributed by atoms with Crippen molar-refractivity contribution in [3.8, 4) is 0 Å². The molecule has 2 atom stereocenters. The Bertz CT molecular complexity index is 350. The monoisotopic (exact) mass is 300 g/mol. The van der Waals surface area contributed by atoms with E-state index in [1.807, 2.05) is 20.8 Å². The van der Waals surface area contributed by atoms with Crippen molar-refractivity contribution in [1.82, 2.24) is 10.6 Å². The first-order chi connectivity index (χ1) is 9.41. The van der Waals surface area contributed by atoms with Crippen LogP contribution in [0.4, 0.5) is 4.79 Å². The van der Waals surface area contributed by atoms with E-state index in [2.05, 4.69) is 31.4 Å². The molecule has 3 N–H and O–H groups in total. The van der Waals surface area contributed by atoms with Crippen LogP contribution >= 0.6 is 0 Å². The van der Waals surface area contributed by atoms with Crippen molar-refractivity contribution < 1.29 is 14.6 Å². The predicted molar refractivity (Wildman–Crippen MR) is 84.3 cm³/mol. The molecule has 1 saturated heterocycles. The lowest BCUT2D eigenvalue weighted by molar-refractivity contribution is -0.0146. The van der Waals surface area contributed by atoms with Crippen LogP contribution in [0.5, 0.6) is 0 Å². The number of hydrogen-bond acceptors (Lipinski definition) is 4. The Kier molecular flexibility index (Phi) is 5.67. The number of aliphatic hydroxyl groups is 1. The molecule has 1 amide bonds. The first kappa shape index (κ1) is 18.2. The lowest BCUT2D eigenvalue weighted by atomic mass is 9.77. The average molecular weight is 300 g/mol. The lowest BCUT2D eigenvalue weighted by Gasteiger charge is -2.40. The maximum absolute atomic E-state index is 12.0. The Labute approximate surface area is 128 Å². The summed E-state index contributed by atoms with van der Waals surface area (Å²) >= 11 is 0. The first-order valence-corrected chi connectivity index (χ1v) is 7.84. The number of ether oxygens (including phenoxy) is 1. The average Bonchev–Trinajstić information content (AvgIpc) is 2.24. The molecule has 2 unspecified atom stereocenters. The number of amides is 1. The highest BCUT2D eigenvalue weighted by Gasteiger charge is 2.38. The Morgan fingerprint density at radius 1 is 1.33 bits per heavy atom. The fraction of sp³-hybridized carbons (Fsp3) is 0.938. The Morgan fingerprint density at radius 2 is 1.95 bits per heavy atom. The van der Waals surface area contributed by atoms with Gasteiger partial charge in [-0.05, 0) is 52.0 Å². The van der Waals surface area contributed by atoms with E-state index in [9.17, 15) is 9.90 Å². The van der Waals surface area contributed by atoms with Crippen LogP contribution in [0.2, 0.25) is 0 Å². The fourth-order valence-electron chi connectivity index (χ4n) is 2.53. The number of alkyl carbamates (subject to hydrolysis) is 1. The van der Waals surface area contributed by atoms with Gasteiger partial charge >= 0.3 is 6.09 Å². The van der Waals surface area contributed by atoms with Gasteiger partial charge in [0.2, 0.25) is 0 Å². The van der Waals surface area contributed by atoms with Gasteiger partial charge in [-0.25, -0.2) is 4.79 Å². The van der Waals surface area contributed by atoms with Gasteiger partial charge < -0.3 is 20.5 Å². The number of piperidine rings is 1. The van der Waals surface area contributed by atoms with E-state index in [0.29, 0.717) is 13.0 Å². The molecule has 0 saturated carbocycles. The van der Waals surface area contributed by atoms with Gasteiger partial charge in [0.1, 0.15) is 5.60 Å². The first-order valence-electron chi connectivity index (χ1n) is 7.84. The summed E-state index contributed by atoms with van der Waals surface area (Å²) < 4.78 is 5.34. The van der Waals surface area contributed by atoms with E-state index in [0.717, 1.165) is 19.4 Å². The zero-order valence-corrected chi connectivity index (χ0v) is 14.4. The van der Waals surface area contributed by atoms with Crippen LogP contribution in [0.25, 0.3) is 0 Å². The molecule has 0 spiro atoms. The number of carbonyl (C=O) groups excluding carboxylic acids is 1. The number of β-amino-alcohol motifs (C(OH)–C–C–N with tert-alkyl or cyclic N) is 1. The maximum Gasteiger partial charge on any atom is 0.407 e. The van der Waals surface area contributed by atoms with Gasteiger partial charge in [0.15, 0.2) is 0 Å². The Balaban J connectivity index is 2.70. The van der Waals surface area contributed by atoms with Crippen molar-refractivity contribution in [2.24, 2.45) is 5.41 Å². The molecular weight excluding hydrogens is 268 g/mol. The molecule has 1 rings (SSSR count). The number of carbonyl (C=O) groups is 1. The number of nitrogens with one attached hydrogen (secondary N) is 2. The second kappa shape index (κ2) is 6.53. The number of rotatable bonds is 3. The molecule has 0 radical (unpaired) electrons. The molecule has 0 aromatic carbocycles. The summed E-state index contributed by atoms with van der Waals surface area (Å²) in [6.07, 6.45) is 1.83. The molecule has 1 fully saturated rings. The molecule has 21 heavy (non-hydrogen) atoms. The van der Waals surface area contributed by atoms with E-state index >= 15 is 0 Å². The van der Waals surface area contributed by atoms with Gasteiger partial charge in [-0.15, -0.1) is 0 Å². The molecule has 1 aliphatic heterocycles. The van der Waals surface area contributed by atoms with E-state index in [1.54, 1.807) is 0 Å². The van der Waals surface area contributed by atoms with Gasteiger partial charge in [-0.1, -0.05) is 20.8 Å². The topological polar surface area (TPSA) is 70.6 Å². The fourth-order valence-corrected chi connectivity index (χ4v) is 2.53. The van der Waals surface area contributed by atoms with Crippen LogP contribution in [-0.4, -0.2) is 41.5 Å². The van der Waals surface area contributed by atoms with Crippen molar-refractivity contribution in [2.75, 3.05) is 13.1 Å². The van der Waals surface area contributed by atoms with Gasteiger partial charge in [-0.2, -0.15) is 0 Å². The molecule has 0 bridgehead atoms. The summed E-state index contributed by atoms with van der Waals surface area (Å²) in [5.74, 6) is 0. The van der Waals surface area contributed by atoms with Gasteiger partial charge in [-0.3, -0.25) is 0 Å². The third-order valence-corrected chi connectivity index (χ3v) is 3.77. The maximum atomic E-state index is 12.0. The minimum absolute atomic E-state index is 0.141. The summed E-state index contributed by atoms with van der Waals surface area (Å²) in [5.41, 5.74) is -1.43. The van der Waals surface area contributed by atoms with E-state index in [1.165, 1.54) is 0 Å². The van der Waals surface area contributed by atoms with Gasteiger partial charge in [0, 0.05) is 12.6 Å². The van der Waals surface area contributed by atoms with Crippen molar-refractivity contribution in [1.29, 1.82) is 0 Å². The standard InChI is InChI=1S/C16H32N2O3/c1-14(2,3)12(18-13(19)21-15(4,5)6)10-16(20)8-7-9-17-11-16/h12,17,20H,7-11H2,1-6H3,(H,18,19). The van der Waals surface area contributed by atoms with Crippen LogP contribution in [0.1, 0.15) is 60.8 Å². The summed E-state index contributed by atoms with van der Waals surface area (Å²) in [4.78, 5) is 12.0. The predicted octanol–water partition coefficient (Wildman–Crippen LogP) is 2.43. The third kappa shape index (κ3) is 6.66. The summed E-state index contributed by atoms with van der Waals surface area (Å²) in [7, 11) is 0. The Hall–Kier alpha value is -0.810. The van der Waals surface area contributed by atoms with Crippen LogP contribution < -0.4 is 10.6 Å². The highest BCUT2D eigenvalue weighted by atomic mass is 16.6. The highest BCUT2D eigenvalue weighted by molar-refractivity contribution is 5.68. The SMILES string of the molecule is CC(C)(C)OC(=O)NC(CC1(O)CCCNC1)C(C)(C)C. The van der Waals surface area contributed by atoms with Crippen molar-refractivity contribution in [2.45, 2.75) is 78.0 Å². The summed E-state index contributed by atoms with van der Waals surface area (Å²) in [6.45, 7) is 13.3. The molecule has 1 aliphatic rings. The zero-order chi connectivity index (χ0) is 16.3. The largest absolute Gasteiger partial charge is 0.444 e. The summed E-state index contributed by atoms with van der Waals surface area (Å²) in [6, 6.07) is -0.141. The van der Waals surface area contributed by atoms with E-state index in [4.69, 9.17) is 4.74 Å². The van der Waals surface area contributed by atoms with E-state index < -0.39 is 17.3 Å². The van der Waals surface area contributed by atoms with Gasteiger partial charge in [0.25, 0.3) is 0 Å². The van der Waals surface area contributed by atoms with Crippen LogP contribution in [0.3, 0.4) is 0 Å². The van der Waals surface area contributed by atoms with Crippen LogP contribution in [-0.2, 0) is 4.74 Å². The van der Waals surface area contributed by atoms with Crippen molar-refractivity contribution in [3.63, 3.8) is 0 Å².